The number of ether oxygens (including phenoxy) is 2. The van der Waals surface area contributed by atoms with Gasteiger partial charge in [-0.15, -0.1) is 0 Å². The van der Waals surface area contributed by atoms with Crippen LogP contribution in [0, 0.1) is 0 Å². The Morgan fingerprint density at radius 2 is 1.72 bits per heavy atom. The first kappa shape index (κ1) is 15.3. The molecule has 0 unspecified atom stereocenters. The van der Waals surface area contributed by atoms with Gasteiger partial charge < -0.3 is 9.47 Å². The van der Waals surface area contributed by atoms with E-state index in [0.29, 0.717) is 12.6 Å². The van der Waals surface area contributed by atoms with Gasteiger partial charge in [0.15, 0.2) is 0 Å². The molecule has 0 aliphatic carbocycles. The van der Waals surface area contributed by atoms with Crippen LogP contribution in [-0.2, 0) is 0 Å². The van der Waals surface area contributed by atoms with Crippen molar-refractivity contribution in [1.29, 1.82) is 0 Å². The Kier molecular flexibility index (Phi) is 7.13. The molecule has 0 aliphatic heterocycles. The van der Waals surface area contributed by atoms with Crippen LogP contribution >= 0.6 is 15.9 Å². The molecule has 0 N–H and O–H groups in total. The number of rotatable bonds is 8. The smallest absolute Gasteiger partial charge is 0.119 e. The number of benzene rings is 1. The highest BCUT2D eigenvalue weighted by atomic mass is 79.9. The molecule has 0 radical (unpaired) electrons. The Morgan fingerprint density at radius 1 is 1.11 bits per heavy atom. The van der Waals surface area contributed by atoms with E-state index in [9.17, 15) is 0 Å². The maximum absolute atomic E-state index is 5.72. The highest BCUT2D eigenvalue weighted by molar-refractivity contribution is 9.09. The fourth-order valence-corrected chi connectivity index (χ4v) is 2.14. The molecule has 4 heteroatoms. The summed E-state index contributed by atoms with van der Waals surface area (Å²) in [4.78, 5) is 2.39. The van der Waals surface area contributed by atoms with Crippen LogP contribution in [-0.4, -0.2) is 43.1 Å². The fourth-order valence-electron chi connectivity index (χ4n) is 1.69. The highest BCUT2D eigenvalue weighted by Gasteiger charge is 2.08. The molecule has 0 bridgehead atoms. The van der Waals surface area contributed by atoms with Gasteiger partial charge in [-0.05, 0) is 38.1 Å². The molecule has 3 nitrogen and oxygen atoms in total. The molecular formula is C14H22BrNO2. The quantitative estimate of drug-likeness (QED) is 0.688. The van der Waals surface area contributed by atoms with E-state index < -0.39 is 0 Å². The first-order valence-corrected chi connectivity index (χ1v) is 7.36. The average Bonchev–Trinajstić information content (AvgIpc) is 2.38. The molecule has 0 saturated carbocycles. The van der Waals surface area contributed by atoms with E-state index >= 15 is 0 Å². The Balaban J connectivity index is 2.35. The van der Waals surface area contributed by atoms with Gasteiger partial charge in [-0.3, -0.25) is 4.90 Å². The van der Waals surface area contributed by atoms with E-state index in [1.54, 1.807) is 7.11 Å². The summed E-state index contributed by atoms with van der Waals surface area (Å²) >= 11 is 3.47. The van der Waals surface area contributed by atoms with Gasteiger partial charge in [0.05, 0.1) is 7.11 Å². The largest absolute Gasteiger partial charge is 0.497 e. The SMILES string of the molecule is COc1ccc(OCCN(CCBr)C(C)C)cc1. The second-order valence-corrected chi connectivity index (χ2v) is 5.14. The third-order valence-corrected chi connectivity index (χ3v) is 3.16. The highest BCUT2D eigenvalue weighted by Crippen LogP contribution is 2.16. The molecule has 1 aromatic rings. The van der Waals surface area contributed by atoms with Gasteiger partial charge >= 0.3 is 0 Å². The third-order valence-electron chi connectivity index (χ3n) is 2.81. The van der Waals surface area contributed by atoms with Crippen molar-refractivity contribution >= 4 is 15.9 Å². The molecular weight excluding hydrogens is 294 g/mol. The summed E-state index contributed by atoms with van der Waals surface area (Å²) in [7, 11) is 1.66. The lowest BCUT2D eigenvalue weighted by molar-refractivity contribution is 0.185. The molecule has 0 saturated heterocycles. The van der Waals surface area contributed by atoms with E-state index in [1.807, 2.05) is 24.3 Å². The van der Waals surface area contributed by atoms with Crippen LogP contribution in [0.5, 0.6) is 11.5 Å². The zero-order chi connectivity index (χ0) is 13.4. The number of nitrogens with zero attached hydrogens (tertiary/aromatic N) is 1. The van der Waals surface area contributed by atoms with Gasteiger partial charge in [0, 0.05) is 24.5 Å². The summed E-state index contributed by atoms with van der Waals surface area (Å²) in [5.74, 6) is 1.74. The predicted molar refractivity (Wildman–Crippen MR) is 79.0 cm³/mol. The molecule has 102 valence electrons. The zero-order valence-electron chi connectivity index (χ0n) is 11.4. The maximum Gasteiger partial charge on any atom is 0.119 e. The van der Waals surface area contributed by atoms with Crippen molar-refractivity contribution in [1.82, 2.24) is 4.90 Å². The lowest BCUT2D eigenvalue weighted by Gasteiger charge is -2.25. The van der Waals surface area contributed by atoms with Crippen LogP contribution in [0.15, 0.2) is 24.3 Å². The van der Waals surface area contributed by atoms with Crippen molar-refractivity contribution in [2.75, 3.05) is 32.1 Å². The minimum absolute atomic E-state index is 0.544. The molecule has 0 heterocycles. The fraction of sp³-hybridized carbons (Fsp3) is 0.571. The Labute approximate surface area is 118 Å². The van der Waals surface area contributed by atoms with Crippen molar-refractivity contribution in [3.8, 4) is 11.5 Å². The van der Waals surface area contributed by atoms with E-state index in [0.717, 1.165) is 29.9 Å². The lowest BCUT2D eigenvalue weighted by atomic mass is 10.3. The standard InChI is InChI=1S/C14H22BrNO2/c1-12(2)16(9-8-15)10-11-18-14-6-4-13(17-3)5-7-14/h4-7,12H,8-11H2,1-3H3. The van der Waals surface area contributed by atoms with Crippen molar-refractivity contribution in [2.24, 2.45) is 0 Å². The Morgan fingerprint density at radius 3 is 2.22 bits per heavy atom. The number of hydrogen-bond acceptors (Lipinski definition) is 3. The lowest BCUT2D eigenvalue weighted by Crippen LogP contribution is -2.36. The van der Waals surface area contributed by atoms with Crippen LogP contribution in [0.4, 0.5) is 0 Å². The van der Waals surface area contributed by atoms with Crippen LogP contribution in [0.2, 0.25) is 0 Å². The van der Waals surface area contributed by atoms with E-state index in [4.69, 9.17) is 9.47 Å². The molecule has 0 fully saturated rings. The Bertz CT molecular complexity index is 327. The van der Waals surface area contributed by atoms with Crippen molar-refractivity contribution in [3.05, 3.63) is 24.3 Å². The summed E-state index contributed by atoms with van der Waals surface area (Å²) in [5, 5.41) is 0.994. The summed E-state index contributed by atoms with van der Waals surface area (Å²) in [6.45, 7) is 7.10. The number of halogens is 1. The molecule has 1 rings (SSSR count). The van der Waals surface area contributed by atoms with Crippen LogP contribution in [0.1, 0.15) is 13.8 Å². The number of hydrogen-bond donors (Lipinski definition) is 0. The maximum atomic E-state index is 5.72. The second-order valence-electron chi connectivity index (χ2n) is 4.34. The third kappa shape index (κ3) is 5.27. The Hall–Kier alpha value is -0.740. The molecule has 1 aromatic carbocycles. The van der Waals surface area contributed by atoms with Gasteiger partial charge in [0.25, 0.3) is 0 Å². The van der Waals surface area contributed by atoms with Gasteiger partial charge in [-0.2, -0.15) is 0 Å². The van der Waals surface area contributed by atoms with E-state index in [2.05, 4.69) is 34.7 Å². The van der Waals surface area contributed by atoms with Crippen LogP contribution in [0.3, 0.4) is 0 Å². The van der Waals surface area contributed by atoms with Gasteiger partial charge in [-0.1, -0.05) is 15.9 Å². The molecule has 0 aliphatic rings. The summed E-state index contributed by atoms with van der Waals surface area (Å²) in [5.41, 5.74) is 0. The van der Waals surface area contributed by atoms with Crippen molar-refractivity contribution in [3.63, 3.8) is 0 Å². The first-order valence-electron chi connectivity index (χ1n) is 6.24. The van der Waals surface area contributed by atoms with E-state index in [-0.39, 0.29) is 0 Å². The average molecular weight is 316 g/mol. The molecule has 0 amide bonds. The minimum Gasteiger partial charge on any atom is -0.497 e. The normalized spacial score (nSPS) is 11.0. The minimum atomic E-state index is 0.544. The van der Waals surface area contributed by atoms with Gasteiger partial charge in [-0.25, -0.2) is 0 Å². The van der Waals surface area contributed by atoms with Crippen LogP contribution in [0.25, 0.3) is 0 Å². The predicted octanol–water partition coefficient (Wildman–Crippen LogP) is 3.18. The van der Waals surface area contributed by atoms with Crippen molar-refractivity contribution in [2.45, 2.75) is 19.9 Å². The summed E-state index contributed by atoms with van der Waals surface area (Å²) < 4.78 is 10.8. The van der Waals surface area contributed by atoms with E-state index in [1.165, 1.54) is 0 Å². The van der Waals surface area contributed by atoms with Gasteiger partial charge in [0.2, 0.25) is 0 Å². The second kappa shape index (κ2) is 8.38. The monoisotopic (exact) mass is 315 g/mol. The molecule has 0 atom stereocenters. The van der Waals surface area contributed by atoms with Gasteiger partial charge in [0.1, 0.15) is 18.1 Å². The number of methoxy groups -OCH3 is 1. The molecule has 18 heavy (non-hydrogen) atoms. The summed E-state index contributed by atoms with van der Waals surface area (Å²) in [6.07, 6.45) is 0. The van der Waals surface area contributed by atoms with Crippen molar-refractivity contribution < 1.29 is 9.47 Å². The first-order chi connectivity index (χ1) is 8.67. The zero-order valence-corrected chi connectivity index (χ0v) is 12.9. The summed E-state index contributed by atoms with van der Waals surface area (Å²) in [6, 6.07) is 8.23. The molecule has 0 aromatic heterocycles. The van der Waals surface area contributed by atoms with Crippen LogP contribution < -0.4 is 9.47 Å². The topological polar surface area (TPSA) is 21.7 Å². The number of alkyl halides is 1. The molecule has 0 spiro atoms.